The molecule has 0 aliphatic rings. The zero-order valence-electron chi connectivity index (χ0n) is 25.2. The van der Waals surface area contributed by atoms with Crippen molar-refractivity contribution in [3.05, 3.63) is 181 Å². The van der Waals surface area contributed by atoms with E-state index in [1.54, 1.807) is 152 Å². The Hall–Kier alpha value is -5.75. The first-order valence-electron chi connectivity index (χ1n) is 14.7. The van der Waals surface area contributed by atoms with Crippen LogP contribution >= 0.6 is 15.6 Å². The maximum absolute atomic E-state index is 14.4. The van der Waals surface area contributed by atoms with Crippen molar-refractivity contribution in [1.29, 1.82) is 0 Å². The molecule has 0 amide bonds. The summed E-state index contributed by atoms with van der Waals surface area (Å²) in [5.74, 6) is 0.0576. The summed E-state index contributed by atoms with van der Waals surface area (Å²) in [7, 11) is -9.00. The lowest BCUT2D eigenvalue weighted by molar-refractivity contribution is 0.103. The van der Waals surface area contributed by atoms with Crippen molar-refractivity contribution >= 4 is 21.4 Å². The minimum absolute atomic E-state index is 0.00452. The maximum atomic E-state index is 14.4. The van der Waals surface area contributed by atoms with Crippen molar-refractivity contribution < 1.29 is 41.1 Å². The number of benzene rings is 6. The van der Waals surface area contributed by atoms with Gasteiger partial charge in [0.05, 0.1) is 5.56 Å². The zero-order chi connectivity index (χ0) is 33.2. The van der Waals surface area contributed by atoms with Gasteiger partial charge in [-0.15, -0.1) is 0 Å². The summed E-state index contributed by atoms with van der Waals surface area (Å²) >= 11 is 0. The van der Waals surface area contributed by atoms with E-state index in [1.165, 1.54) is 18.2 Å². The highest BCUT2D eigenvalue weighted by Crippen LogP contribution is 2.53. The van der Waals surface area contributed by atoms with Crippen LogP contribution in [-0.2, 0) is 9.13 Å². The monoisotopic (exact) mass is 678 g/mol. The topological polar surface area (TPSA) is 107 Å². The third kappa shape index (κ3) is 8.53. The molecule has 0 fully saturated rings. The lowest BCUT2D eigenvalue weighted by Gasteiger charge is -2.22. The SMILES string of the molecule is O=C(c1ccccc1)c1ccc(OP(=O)(Oc2ccccc2)Oc2ccccc2)cc1OP(=O)(Oc1ccccc1)Oc1ccccc1. The van der Waals surface area contributed by atoms with E-state index in [0.717, 1.165) is 0 Å². The van der Waals surface area contributed by atoms with E-state index in [1.807, 2.05) is 0 Å². The minimum atomic E-state index is -4.56. The number of ketones is 1. The molecule has 240 valence electrons. The largest absolute Gasteiger partial charge is 0.647 e. The lowest BCUT2D eigenvalue weighted by atomic mass is 10.0. The summed E-state index contributed by atoms with van der Waals surface area (Å²) in [6.45, 7) is 0. The van der Waals surface area contributed by atoms with Crippen molar-refractivity contribution in [1.82, 2.24) is 0 Å². The van der Waals surface area contributed by atoms with Gasteiger partial charge in [0, 0.05) is 11.6 Å². The van der Waals surface area contributed by atoms with Crippen molar-refractivity contribution in [3.63, 3.8) is 0 Å². The Morgan fingerprint density at radius 1 is 0.375 bits per heavy atom. The molecule has 0 saturated carbocycles. The molecule has 0 atom stereocenters. The molecule has 0 saturated heterocycles. The number of phosphoric acid groups is 2. The molecular formula is C37H28O9P2. The first-order valence-corrected chi connectivity index (χ1v) is 17.6. The minimum Gasteiger partial charge on any atom is -0.386 e. The van der Waals surface area contributed by atoms with Crippen LogP contribution in [0.5, 0.6) is 34.5 Å². The molecule has 0 spiro atoms. The standard InChI is InChI=1S/C37H28O9P2/c38-37(29-16-6-1-7-17-29)35-27-26-34(45-47(39,41-30-18-8-2-9-19-30)42-31-20-10-3-11-21-31)28-36(35)46-48(40,43-32-22-12-4-13-23-32)44-33-24-14-5-15-25-33/h1-28H. The molecule has 0 bridgehead atoms. The van der Waals surface area contributed by atoms with Crippen LogP contribution in [0.1, 0.15) is 15.9 Å². The van der Waals surface area contributed by atoms with Crippen molar-refractivity contribution in [3.8, 4) is 34.5 Å². The van der Waals surface area contributed by atoms with Crippen LogP contribution in [0.4, 0.5) is 0 Å². The fourth-order valence-corrected chi connectivity index (χ4v) is 6.88. The van der Waals surface area contributed by atoms with Gasteiger partial charge in [-0.3, -0.25) is 4.79 Å². The quantitative estimate of drug-likeness (QED) is 0.0822. The van der Waals surface area contributed by atoms with E-state index < -0.39 is 21.4 Å². The molecule has 6 rings (SSSR count). The van der Waals surface area contributed by atoms with E-state index in [9.17, 15) is 13.9 Å². The Labute approximate surface area is 277 Å². The smallest absolute Gasteiger partial charge is 0.386 e. The van der Waals surface area contributed by atoms with Gasteiger partial charge in [-0.25, -0.2) is 0 Å². The number of phosphoric ester groups is 2. The van der Waals surface area contributed by atoms with Gasteiger partial charge in [0.15, 0.2) is 5.78 Å². The predicted octanol–water partition coefficient (Wildman–Crippen LogP) is 10.2. The third-order valence-corrected chi connectivity index (χ3v) is 9.10. The first kappa shape index (κ1) is 32.2. The molecule has 48 heavy (non-hydrogen) atoms. The summed E-state index contributed by atoms with van der Waals surface area (Å²) in [6, 6.07) is 45.9. The summed E-state index contributed by atoms with van der Waals surface area (Å²) in [4.78, 5) is 13.8. The number of carbonyl (C=O) groups is 1. The van der Waals surface area contributed by atoms with Gasteiger partial charge in [-0.2, -0.15) is 9.13 Å². The summed E-state index contributed by atoms with van der Waals surface area (Å²) in [5.41, 5.74) is 0.342. The fourth-order valence-electron chi connectivity index (χ4n) is 4.37. The summed E-state index contributed by atoms with van der Waals surface area (Å²) in [5, 5.41) is 0. The van der Waals surface area contributed by atoms with Crippen molar-refractivity contribution in [2.24, 2.45) is 0 Å². The average molecular weight is 679 g/mol. The van der Waals surface area contributed by atoms with Crippen molar-refractivity contribution in [2.75, 3.05) is 0 Å². The second-order valence-corrected chi connectivity index (χ2v) is 12.9. The van der Waals surface area contributed by atoms with Gasteiger partial charge in [0.1, 0.15) is 34.5 Å². The fraction of sp³-hybridized carbons (Fsp3) is 0. The van der Waals surface area contributed by atoms with E-state index in [2.05, 4.69) is 0 Å². The Kier molecular flexibility index (Phi) is 9.91. The van der Waals surface area contributed by atoms with E-state index in [-0.39, 0.29) is 40.1 Å². The zero-order valence-corrected chi connectivity index (χ0v) is 27.0. The molecule has 0 aromatic heterocycles. The molecule has 6 aromatic rings. The maximum Gasteiger partial charge on any atom is 0.647 e. The second kappa shape index (κ2) is 14.8. The molecule has 9 nitrogen and oxygen atoms in total. The molecular weight excluding hydrogens is 650 g/mol. The van der Waals surface area contributed by atoms with Crippen LogP contribution in [0, 0.1) is 0 Å². The molecule has 0 unspecified atom stereocenters. The number of carbonyl (C=O) groups excluding carboxylic acids is 1. The van der Waals surface area contributed by atoms with E-state index in [0.29, 0.717) is 5.56 Å². The Bertz CT molecular complexity index is 1950. The highest BCUT2D eigenvalue weighted by Gasteiger charge is 2.37. The van der Waals surface area contributed by atoms with Crippen molar-refractivity contribution in [2.45, 2.75) is 0 Å². The van der Waals surface area contributed by atoms with Gasteiger partial charge in [0.25, 0.3) is 0 Å². The summed E-state index contributed by atoms with van der Waals surface area (Å²) < 4.78 is 63.6. The van der Waals surface area contributed by atoms with Gasteiger partial charge in [0.2, 0.25) is 0 Å². The third-order valence-electron chi connectivity index (χ3n) is 6.50. The van der Waals surface area contributed by atoms with E-state index >= 15 is 0 Å². The van der Waals surface area contributed by atoms with Gasteiger partial charge in [-0.1, -0.05) is 103 Å². The molecule has 0 N–H and O–H groups in total. The molecule has 0 aliphatic carbocycles. The van der Waals surface area contributed by atoms with Gasteiger partial charge in [-0.05, 0) is 60.7 Å². The molecule has 0 aliphatic heterocycles. The Morgan fingerprint density at radius 2 is 0.708 bits per heavy atom. The predicted molar refractivity (Wildman–Crippen MR) is 181 cm³/mol. The normalized spacial score (nSPS) is 11.2. The van der Waals surface area contributed by atoms with Crippen LogP contribution in [-0.4, -0.2) is 5.78 Å². The summed E-state index contributed by atoms with van der Waals surface area (Å²) in [6.07, 6.45) is 0. The van der Waals surface area contributed by atoms with Gasteiger partial charge < -0.3 is 27.1 Å². The Morgan fingerprint density at radius 3 is 1.10 bits per heavy atom. The first-order chi connectivity index (χ1) is 23.4. The number of para-hydroxylation sites is 4. The number of rotatable bonds is 14. The Balaban J connectivity index is 1.41. The van der Waals surface area contributed by atoms with Crippen LogP contribution in [0.2, 0.25) is 0 Å². The molecule has 6 aromatic carbocycles. The number of hydrogen-bond acceptors (Lipinski definition) is 9. The second-order valence-electron chi connectivity index (χ2n) is 10.0. The lowest BCUT2D eigenvalue weighted by Crippen LogP contribution is -2.11. The van der Waals surface area contributed by atoms with Crippen LogP contribution < -0.4 is 27.1 Å². The molecule has 11 heteroatoms. The molecule has 0 heterocycles. The van der Waals surface area contributed by atoms with E-state index in [4.69, 9.17) is 27.1 Å². The highest BCUT2D eigenvalue weighted by molar-refractivity contribution is 7.50. The van der Waals surface area contributed by atoms with Crippen LogP contribution in [0.15, 0.2) is 170 Å². The van der Waals surface area contributed by atoms with Crippen LogP contribution in [0.25, 0.3) is 0 Å². The average Bonchev–Trinajstić information content (AvgIpc) is 3.10. The van der Waals surface area contributed by atoms with Crippen LogP contribution in [0.3, 0.4) is 0 Å². The number of hydrogen-bond donors (Lipinski definition) is 0. The molecule has 0 radical (unpaired) electrons. The van der Waals surface area contributed by atoms with Gasteiger partial charge >= 0.3 is 15.6 Å². The highest BCUT2D eigenvalue weighted by atomic mass is 31.2.